The molecule has 0 aliphatic heterocycles. The van der Waals surface area contributed by atoms with Gasteiger partial charge in [-0.2, -0.15) is 0 Å². The van der Waals surface area contributed by atoms with Crippen molar-refractivity contribution in [3.8, 4) is 0 Å². The van der Waals surface area contributed by atoms with Crippen LogP contribution in [0.2, 0.25) is 0 Å². The number of hydrogen-bond acceptors (Lipinski definition) is 2. The highest BCUT2D eigenvalue weighted by atomic mass is 32.1. The van der Waals surface area contributed by atoms with Crippen molar-refractivity contribution in [1.29, 1.82) is 0 Å². The van der Waals surface area contributed by atoms with Gasteiger partial charge in [0.05, 0.1) is 5.56 Å². The Morgan fingerprint density at radius 2 is 1.83 bits per heavy atom. The molecule has 0 spiro atoms. The van der Waals surface area contributed by atoms with Crippen LogP contribution in [0.1, 0.15) is 36.0 Å². The fourth-order valence-electron chi connectivity index (χ4n) is 2.12. The molecule has 1 aliphatic carbocycles. The van der Waals surface area contributed by atoms with Gasteiger partial charge < -0.3 is 15.7 Å². The molecule has 1 fully saturated rings. The molecule has 4 nitrogen and oxygen atoms in total. The second-order valence-electron chi connectivity index (χ2n) is 4.46. The van der Waals surface area contributed by atoms with Gasteiger partial charge >= 0.3 is 5.97 Å². The summed E-state index contributed by atoms with van der Waals surface area (Å²) in [6, 6.07) is 7.02. The van der Waals surface area contributed by atoms with Gasteiger partial charge in [-0.15, -0.1) is 0 Å². The molecule has 2 rings (SSSR count). The summed E-state index contributed by atoms with van der Waals surface area (Å²) in [5, 5.41) is 15.7. The maximum Gasteiger partial charge on any atom is 0.335 e. The Morgan fingerprint density at radius 3 is 2.39 bits per heavy atom. The topological polar surface area (TPSA) is 61.4 Å². The number of carboxylic acid groups (broad SMARTS) is 1. The summed E-state index contributed by atoms with van der Waals surface area (Å²) in [4.78, 5) is 10.7. The van der Waals surface area contributed by atoms with Crippen LogP contribution in [0.25, 0.3) is 0 Å². The van der Waals surface area contributed by atoms with Gasteiger partial charge in [0, 0.05) is 11.7 Å². The third-order valence-corrected chi connectivity index (χ3v) is 3.30. The van der Waals surface area contributed by atoms with E-state index in [4.69, 9.17) is 17.3 Å². The predicted molar refractivity (Wildman–Crippen MR) is 75.0 cm³/mol. The Hall–Kier alpha value is -1.62. The first-order valence-corrected chi connectivity index (χ1v) is 6.47. The molecule has 3 N–H and O–H groups in total. The van der Waals surface area contributed by atoms with Crippen LogP contribution in [-0.2, 0) is 0 Å². The Morgan fingerprint density at radius 1 is 1.22 bits per heavy atom. The Bertz CT molecular complexity index is 439. The molecule has 0 amide bonds. The SMILES string of the molecule is O=C(O)c1ccc(NC(=S)NC2CCCC2)cc1. The highest BCUT2D eigenvalue weighted by Crippen LogP contribution is 2.18. The summed E-state index contributed by atoms with van der Waals surface area (Å²) in [6.07, 6.45) is 4.85. The van der Waals surface area contributed by atoms with Crippen LogP contribution in [0.4, 0.5) is 5.69 Å². The molecule has 1 aromatic carbocycles. The Labute approximate surface area is 111 Å². The number of carbonyl (C=O) groups is 1. The lowest BCUT2D eigenvalue weighted by Gasteiger charge is -2.15. The lowest BCUT2D eigenvalue weighted by molar-refractivity contribution is 0.0697. The second kappa shape index (κ2) is 5.82. The number of nitrogens with one attached hydrogen (secondary N) is 2. The average Bonchev–Trinajstić information content (AvgIpc) is 2.82. The largest absolute Gasteiger partial charge is 0.478 e. The van der Waals surface area contributed by atoms with E-state index in [1.165, 1.54) is 25.7 Å². The van der Waals surface area contributed by atoms with E-state index in [-0.39, 0.29) is 5.56 Å². The summed E-state index contributed by atoms with van der Waals surface area (Å²) in [7, 11) is 0. The maximum atomic E-state index is 10.7. The van der Waals surface area contributed by atoms with E-state index in [2.05, 4.69) is 10.6 Å². The lowest BCUT2D eigenvalue weighted by atomic mass is 10.2. The molecular formula is C13H16N2O2S. The molecule has 1 aromatic rings. The van der Waals surface area contributed by atoms with Gasteiger partial charge in [0.1, 0.15) is 0 Å². The first kappa shape index (κ1) is 12.8. The monoisotopic (exact) mass is 264 g/mol. The van der Waals surface area contributed by atoms with Crippen molar-refractivity contribution in [3.63, 3.8) is 0 Å². The van der Waals surface area contributed by atoms with Crippen LogP contribution in [0.5, 0.6) is 0 Å². The van der Waals surface area contributed by atoms with Crippen molar-refractivity contribution in [2.45, 2.75) is 31.7 Å². The van der Waals surface area contributed by atoms with Crippen LogP contribution in [0, 0.1) is 0 Å². The van der Waals surface area contributed by atoms with Crippen molar-refractivity contribution >= 4 is 29.0 Å². The lowest BCUT2D eigenvalue weighted by Crippen LogP contribution is -2.35. The molecule has 1 aliphatic rings. The first-order valence-electron chi connectivity index (χ1n) is 6.06. The molecule has 0 unspecified atom stereocenters. The van der Waals surface area contributed by atoms with Crippen LogP contribution < -0.4 is 10.6 Å². The molecule has 0 atom stereocenters. The minimum atomic E-state index is -0.923. The minimum Gasteiger partial charge on any atom is -0.478 e. The molecule has 18 heavy (non-hydrogen) atoms. The average molecular weight is 264 g/mol. The Kier molecular flexibility index (Phi) is 4.15. The van der Waals surface area contributed by atoms with Crippen LogP contribution >= 0.6 is 12.2 Å². The smallest absolute Gasteiger partial charge is 0.335 e. The van der Waals surface area contributed by atoms with Crippen molar-refractivity contribution in [2.24, 2.45) is 0 Å². The zero-order valence-corrected chi connectivity index (χ0v) is 10.8. The van der Waals surface area contributed by atoms with Crippen LogP contribution in [0.3, 0.4) is 0 Å². The second-order valence-corrected chi connectivity index (χ2v) is 4.87. The van der Waals surface area contributed by atoms with E-state index in [1.807, 2.05) is 0 Å². The molecular weight excluding hydrogens is 248 g/mol. The van der Waals surface area contributed by atoms with E-state index in [9.17, 15) is 4.79 Å². The molecule has 0 saturated heterocycles. The van der Waals surface area contributed by atoms with Crippen LogP contribution in [0.15, 0.2) is 24.3 Å². The van der Waals surface area contributed by atoms with Gasteiger partial charge in [0.2, 0.25) is 0 Å². The summed E-state index contributed by atoms with van der Waals surface area (Å²) in [5.74, 6) is -0.923. The summed E-state index contributed by atoms with van der Waals surface area (Å²) >= 11 is 5.22. The van der Waals surface area contributed by atoms with E-state index >= 15 is 0 Å². The summed E-state index contributed by atoms with van der Waals surface area (Å²) < 4.78 is 0. The normalized spacial score (nSPS) is 15.3. The highest BCUT2D eigenvalue weighted by Gasteiger charge is 2.15. The molecule has 5 heteroatoms. The van der Waals surface area contributed by atoms with E-state index in [1.54, 1.807) is 24.3 Å². The number of carboxylic acids is 1. The number of thiocarbonyl (C=S) groups is 1. The van der Waals surface area contributed by atoms with Crippen molar-refractivity contribution in [1.82, 2.24) is 5.32 Å². The van der Waals surface area contributed by atoms with Gasteiger partial charge in [-0.3, -0.25) is 0 Å². The molecule has 0 aromatic heterocycles. The summed E-state index contributed by atoms with van der Waals surface area (Å²) in [5.41, 5.74) is 1.07. The fraction of sp³-hybridized carbons (Fsp3) is 0.385. The molecule has 0 heterocycles. The zero-order valence-electron chi connectivity index (χ0n) is 9.98. The van der Waals surface area contributed by atoms with E-state index in [0.29, 0.717) is 11.2 Å². The fourth-order valence-corrected chi connectivity index (χ4v) is 2.40. The molecule has 1 saturated carbocycles. The van der Waals surface area contributed by atoms with Gasteiger partial charge in [-0.1, -0.05) is 12.8 Å². The Balaban J connectivity index is 1.88. The minimum absolute atomic E-state index is 0.273. The molecule has 0 bridgehead atoms. The van der Waals surface area contributed by atoms with Gasteiger partial charge in [0.25, 0.3) is 0 Å². The molecule has 96 valence electrons. The van der Waals surface area contributed by atoms with E-state index in [0.717, 1.165) is 5.69 Å². The van der Waals surface area contributed by atoms with Gasteiger partial charge in [-0.05, 0) is 49.3 Å². The number of anilines is 1. The van der Waals surface area contributed by atoms with Gasteiger partial charge in [-0.25, -0.2) is 4.79 Å². The molecule has 0 radical (unpaired) electrons. The van der Waals surface area contributed by atoms with Crippen molar-refractivity contribution in [2.75, 3.05) is 5.32 Å². The van der Waals surface area contributed by atoms with Gasteiger partial charge in [0.15, 0.2) is 5.11 Å². The maximum absolute atomic E-state index is 10.7. The van der Waals surface area contributed by atoms with Crippen molar-refractivity contribution < 1.29 is 9.90 Å². The number of benzene rings is 1. The number of rotatable bonds is 3. The third-order valence-electron chi connectivity index (χ3n) is 3.08. The zero-order chi connectivity index (χ0) is 13.0. The highest BCUT2D eigenvalue weighted by molar-refractivity contribution is 7.80. The first-order chi connectivity index (χ1) is 8.65. The number of hydrogen-bond donors (Lipinski definition) is 3. The quantitative estimate of drug-likeness (QED) is 0.733. The predicted octanol–water partition coefficient (Wildman–Crippen LogP) is 2.61. The standard InChI is InChI=1S/C13H16N2O2S/c16-12(17)9-5-7-11(8-6-9)15-13(18)14-10-3-1-2-4-10/h5-8,10H,1-4H2,(H,16,17)(H2,14,15,18). The number of aromatic carboxylic acids is 1. The van der Waals surface area contributed by atoms with E-state index < -0.39 is 5.97 Å². The summed E-state index contributed by atoms with van der Waals surface area (Å²) in [6.45, 7) is 0. The van der Waals surface area contributed by atoms with Crippen molar-refractivity contribution in [3.05, 3.63) is 29.8 Å². The third kappa shape index (κ3) is 3.43. The van der Waals surface area contributed by atoms with Crippen LogP contribution in [-0.4, -0.2) is 22.2 Å².